The van der Waals surface area contributed by atoms with Crippen LogP contribution in [0.25, 0.3) is 0 Å². The lowest BCUT2D eigenvalue weighted by atomic mass is 10.0. The molecule has 20 heavy (non-hydrogen) atoms. The van der Waals surface area contributed by atoms with E-state index in [2.05, 4.69) is 24.5 Å². The Kier molecular flexibility index (Phi) is 6.82. The molecule has 1 aromatic rings. The Morgan fingerprint density at radius 1 is 1.35 bits per heavy atom. The van der Waals surface area contributed by atoms with Gasteiger partial charge in [-0.3, -0.25) is 4.79 Å². The summed E-state index contributed by atoms with van der Waals surface area (Å²) in [5.41, 5.74) is 0.684. The highest BCUT2D eigenvalue weighted by Gasteiger charge is 2.17. The maximum atomic E-state index is 11.9. The van der Waals surface area contributed by atoms with Crippen LogP contribution in [-0.4, -0.2) is 32.1 Å². The monoisotopic (exact) mass is 298 g/mol. The first-order chi connectivity index (χ1) is 9.15. The molecule has 0 unspecified atom stereocenters. The second-order valence-corrected chi connectivity index (χ2v) is 5.46. The van der Waals surface area contributed by atoms with Gasteiger partial charge in [-0.05, 0) is 30.2 Å². The normalized spacial score (nSPS) is 14.3. The Morgan fingerprint density at radius 3 is 2.50 bits per heavy atom. The largest absolute Gasteiger partial charge is 0.493 e. The van der Waals surface area contributed by atoms with E-state index in [1.807, 2.05) is 24.3 Å². The summed E-state index contributed by atoms with van der Waals surface area (Å²) >= 11 is 0. The Bertz CT molecular complexity index is 416. The second kappa shape index (κ2) is 8.12. The van der Waals surface area contributed by atoms with E-state index in [0.717, 1.165) is 25.4 Å². The van der Waals surface area contributed by atoms with Crippen molar-refractivity contribution in [1.82, 2.24) is 10.6 Å². The van der Waals surface area contributed by atoms with E-state index in [1.54, 1.807) is 0 Å². The second-order valence-electron chi connectivity index (χ2n) is 5.46. The molecule has 0 aliphatic carbocycles. The number of rotatable bonds is 6. The van der Waals surface area contributed by atoms with Crippen LogP contribution in [-0.2, 0) is 0 Å². The molecule has 112 valence electrons. The molecule has 0 spiro atoms. The molecule has 1 amide bonds. The molecule has 0 aromatic heterocycles. The summed E-state index contributed by atoms with van der Waals surface area (Å²) in [6.07, 6.45) is 0. The molecular formula is C15H23ClN2O2. The van der Waals surface area contributed by atoms with Crippen molar-refractivity contribution in [2.75, 3.05) is 26.2 Å². The fraction of sp³-hybridized carbons (Fsp3) is 0.533. The molecule has 1 saturated heterocycles. The molecular weight excluding hydrogens is 276 g/mol. The molecule has 0 radical (unpaired) electrons. The van der Waals surface area contributed by atoms with Crippen LogP contribution in [0, 0.1) is 11.8 Å². The first-order valence-corrected chi connectivity index (χ1v) is 6.87. The number of hydrogen-bond donors (Lipinski definition) is 2. The zero-order valence-electron chi connectivity index (χ0n) is 12.0. The highest BCUT2D eigenvalue weighted by atomic mass is 35.5. The van der Waals surface area contributed by atoms with Crippen molar-refractivity contribution in [3.05, 3.63) is 29.8 Å². The van der Waals surface area contributed by atoms with E-state index in [0.29, 0.717) is 24.0 Å². The molecule has 0 atom stereocenters. The van der Waals surface area contributed by atoms with Crippen LogP contribution in [0.5, 0.6) is 5.75 Å². The number of halogens is 1. The Labute approximate surface area is 126 Å². The Hall–Kier alpha value is -1.26. The van der Waals surface area contributed by atoms with Crippen LogP contribution in [0.3, 0.4) is 0 Å². The third-order valence-corrected chi connectivity index (χ3v) is 3.12. The number of amides is 1. The first-order valence-electron chi connectivity index (χ1n) is 6.87. The van der Waals surface area contributed by atoms with Crippen LogP contribution in [0.15, 0.2) is 24.3 Å². The van der Waals surface area contributed by atoms with Gasteiger partial charge >= 0.3 is 0 Å². The molecule has 1 aliphatic rings. The average molecular weight is 299 g/mol. The summed E-state index contributed by atoms with van der Waals surface area (Å²) < 4.78 is 5.59. The fourth-order valence-corrected chi connectivity index (χ4v) is 1.80. The van der Waals surface area contributed by atoms with Gasteiger partial charge in [-0.1, -0.05) is 13.8 Å². The maximum Gasteiger partial charge on any atom is 0.251 e. The van der Waals surface area contributed by atoms with E-state index in [1.165, 1.54) is 0 Å². The molecule has 2 rings (SSSR count). The van der Waals surface area contributed by atoms with Crippen LogP contribution in [0.1, 0.15) is 24.2 Å². The van der Waals surface area contributed by atoms with Crippen molar-refractivity contribution >= 4 is 18.3 Å². The zero-order valence-corrected chi connectivity index (χ0v) is 12.8. The fourth-order valence-electron chi connectivity index (χ4n) is 1.80. The molecule has 1 aromatic carbocycles. The maximum absolute atomic E-state index is 11.9. The average Bonchev–Trinajstić information content (AvgIpc) is 2.35. The van der Waals surface area contributed by atoms with Crippen molar-refractivity contribution < 1.29 is 9.53 Å². The highest BCUT2D eigenvalue weighted by Crippen LogP contribution is 2.13. The molecule has 1 heterocycles. The van der Waals surface area contributed by atoms with Crippen LogP contribution < -0.4 is 15.4 Å². The minimum atomic E-state index is -0.0118. The van der Waals surface area contributed by atoms with E-state index in [-0.39, 0.29) is 18.3 Å². The minimum absolute atomic E-state index is 0. The third kappa shape index (κ3) is 5.02. The van der Waals surface area contributed by atoms with Crippen LogP contribution in [0.2, 0.25) is 0 Å². The van der Waals surface area contributed by atoms with Gasteiger partial charge in [-0.15, -0.1) is 12.4 Å². The Morgan fingerprint density at radius 2 is 2.00 bits per heavy atom. The number of benzene rings is 1. The Balaban J connectivity index is 0.00000200. The number of nitrogens with one attached hydrogen (secondary N) is 2. The summed E-state index contributed by atoms with van der Waals surface area (Å²) in [6, 6.07) is 7.32. The number of ether oxygens (including phenoxy) is 1. The minimum Gasteiger partial charge on any atom is -0.493 e. The van der Waals surface area contributed by atoms with Gasteiger partial charge in [0.05, 0.1) is 6.61 Å². The quantitative estimate of drug-likeness (QED) is 0.845. The topological polar surface area (TPSA) is 50.4 Å². The molecule has 2 N–H and O–H groups in total. The zero-order chi connectivity index (χ0) is 13.7. The standard InChI is InChI=1S/C15H22N2O2.ClH/c1-11(2)10-19-14-5-3-13(4-6-14)15(18)17-9-12-7-16-8-12;/h3-6,11-12,16H,7-10H2,1-2H3,(H,17,18);1H. The van der Waals surface area contributed by atoms with Gasteiger partial charge in [0.15, 0.2) is 0 Å². The highest BCUT2D eigenvalue weighted by molar-refractivity contribution is 5.94. The van der Waals surface area contributed by atoms with Crippen LogP contribution >= 0.6 is 12.4 Å². The smallest absolute Gasteiger partial charge is 0.251 e. The summed E-state index contributed by atoms with van der Waals surface area (Å²) in [6.45, 7) is 7.66. The summed E-state index contributed by atoms with van der Waals surface area (Å²) in [4.78, 5) is 11.9. The SMILES string of the molecule is CC(C)COc1ccc(C(=O)NCC2CNC2)cc1.Cl. The van der Waals surface area contributed by atoms with Crippen molar-refractivity contribution in [3.63, 3.8) is 0 Å². The van der Waals surface area contributed by atoms with Gasteiger partial charge in [0.1, 0.15) is 5.75 Å². The predicted octanol–water partition coefficient (Wildman–Crippen LogP) is 2.09. The van der Waals surface area contributed by atoms with Crippen molar-refractivity contribution in [1.29, 1.82) is 0 Å². The van der Waals surface area contributed by atoms with Crippen LogP contribution in [0.4, 0.5) is 0 Å². The van der Waals surface area contributed by atoms with Gasteiger partial charge in [0, 0.05) is 31.1 Å². The molecule has 5 heteroatoms. The first kappa shape index (κ1) is 16.8. The molecule has 4 nitrogen and oxygen atoms in total. The van der Waals surface area contributed by atoms with Gasteiger partial charge in [-0.2, -0.15) is 0 Å². The summed E-state index contributed by atoms with van der Waals surface area (Å²) in [7, 11) is 0. The van der Waals surface area contributed by atoms with Gasteiger partial charge < -0.3 is 15.4 Å². The lowest BCUT2D eigenvalue weighted by Gasteiger charge is -2.27. The van der Waals surface area contributed by atoms with Gasteiger partial charge in [-0.25, -0.2) is 0 Å². The molecule has 1 fully saturated rings. The summed E-state index contributed by atoms with van der Waals surface area (Å²) in [5, 5.41) is 6.14. The van der Waals surface area contributed by atoms with Crippen molar-refractivity contribution in [2.45, 2.75) is 13.8 Å². The van der Waals surface area contributed by atoms with E-state index in [9.17, 15) is 4.79 Å². The van der Waals surface area contributed by atoms with E-state index < -0.39 is 0 Å². The van der Waals surface area contributed by atoms with E-state index >= 15 is 0 Å². The van der Waals surface area contributed by atoms with Gasteiger partial charge in [0.2, 0.25) is 0 Å². The van der Waals surface area contributed by atoms with Crippen molar-refractivity contribution in [2.24, 2.45) is 11.8 Å². The summed E-state index contributed by atoms with van der Waals surface area (Å²) in [5.74, 6) is 1.88. The third-order valence-electron chi connectivity index (χ3n) is 3.12. The lowest BCUT2D eigenvalue weighted by Crippen LogP contribution is -2.48. The molecule has 0 saturated carbocycles. The molecule has 1 aliphatic heterocycles. The molecule has 0 bridgehead atoms. The van der Waals surface area contributed by atoms with Crippen molar-refractivity contribution in [3.8, 4) is 5.75 Å². The number of hydrogen-bond acceptors (Lipinski definition) is 3. The van der Waals surface area contributed by atoms with Gasteiger partial charge in [0.25, 0.3) is 5.91 Å². The lowest BCUT2D eigenvalue weighted by molar-refractivity contribution is 0.0942. The predicted molar refractivity (Wildman–Crippen MR) is 82.7 cm³/mol. The number of carbonyl (C=O) groups excluding carboxylic acids is 1. The van der Waals surface area contributed by atoms with E-state index in [4.69, 9.17) is 4.74 Å². The number of carbonyl (C=O) groups is 1.